The molecule has 0 saturated carbocycles. The van der Waals surface area contributed by atoms with Crippen LogP contribution in [0.4, 0.5) is 4.79 Å². The number of hydrogen-bond acceptors (Lipinski definition) is 21. The van der Waals surface area contributed by atoms with E-state index in [1.807, 2.05) is 0 Å². The highest BCUT2D eigenvalue weighted by Gasteiger charge is 2.44. The number of ketones is 6. The predicted molar refractivity (Wildman–Crippen MR) is 268 cm³/mol. The Kier molecular flexibility index (Phi) is 21.7. The minimum absolute atomic E-state index is 0.0395. The second-order valence-corrected chi connectivity index (χ2v) is 21.4. The first kappa shape index (κ1) is 62.1. The average Bonchev–Trinajstić information content (AvgIpc) is 3.29. The van der Waals surface area contributed by atoms with Gasteiger partial charge >= 0.3 is 12.1 Å². The predicted octanol–water partition coefficient (Wildman–Crippen LogP) is -0.984. The molecule has 74 heavy (non-hydrogen) atoms. The van der Waals surface area contributed by atoms with Crippen LogP contribution in [0.2, 0.25) is 0 Å². The lowest BCUT2D eigenvalue weighted by Gasteiger charge is -2.36. The lowest BCUT2D eigenvalue weighted by molar-refractivity contribution is -0.148. The maximum absolute atomic E-state index is 14.8. The monoisotopic (exact) mass is 1040 g/mol. The van der Waals surface area contributed by atoms with Gasteiger partial charge in [-0.15, -0.1) is 0 Å². The topological polar surface area (TPSA) is 341 Å². The third-order valence-electron chi connectivity index (χ3n) is 11.2. The largest absolute Gasteiger partial charge is 0.467 e. The van der Waals surface area contributed by atoms with Crippen molar-refractivity contribution in [2.24, 2.45) is 17.2 Å². The van der Waals surface area contributed by atoms with Gasteiger partial charge in [0.25, 0.3) is 11.8 Å². The number of carbonyl (C=O) groups excluding carboxylic acids is 10. The van der Waals surface area contributed by atoms with Crippen LogP contribution in [-0.4, -0.2) is 198 Å². The highest BCUT2D eigenvalue weighted by molar-refractivity contribution is 6.11. The van der Waals surface area contributed by atoms with E-state index in [-0.39, 0.29) is 36.8 Å². The van der Waals surface area contributed by atoms with E-state index in [9.17, 15) is 47.9 Å². The molecule has 9 atom stereocenters. The number of esters is 1. The van der Waals surface area contributed by atoms with Crippen LogP contribution in [0.1, 0.15) is 83.1 Å². The van der Waals surface area contributed by atoms with Crippen LogP contribution in [0.15, 0.2) is 48.0 Å². The van der Waals surface area contributed by atoms with Gasteiger partial charge in [-0.1, -0.05) is 12.7 Å². The molecular formula is C50H77N9O15. The summed E-state index contributed by atoms with van der Waals surface area (Å²) in [6.07, 6.45) is 0.846. The van der Waals surface area contributed by atoms with Gasteiger partial charge in [0.05, 0.1) is 99.6 Å². The molecule has 0 aromatic carbocycles. The molecule has 0 radical (unpaired) electrons. The molecule has 0 bridgehead atoms. The Balaban J connectivity index is 2.05. The van der Waals surface area contributed by atoms with Gasteiger partial charge in [0.1, 0.15) is 6.61 Å². The quantitative estimate of drug-likeness (QED) is 0.0407. The van der Waals surface area contributed by atoms with Crippen molar-refractivity contribution in [3.05, 3.63) is 48.0 Å². The minimum atomic E-state index is -1.97. The van der Waals surface area contributed by atoms with Gasteiger partial charge in [-0.2, -0.15) is 0 Å². The van der Waals surface area contributed by atoms with Crippen molar-refractivity contribution >= 4 is 58.6 Å². The number of amides is 3. The van der Waals surface area contributed by atoms with Crippen molar-refractivity contribution in [1.82, 2.24) is 30.7 Å². The first-order chi connectivity index (χ1) is 34.1. The van der Waals surface area contributed by atoms with E-state index >= 15 is 0 Å². The zero-order valence-corrected chi connectivity index (χ0v) is 44.9. The van der Waals surface area contributed by atoms with E-state index in [1.54, 1.807) is 69.2 Å². The van der Waals surface area contributed by atoms with Crippen LogP contribution in [0, 0.1) is 0 Å². The normalized spacial score (nSPS) is 19.4. The fraction of sp³-hybridized carbons (Fsp3) is 0.640. The van der Waals surface area contributed by atoms with Crippen molar-refractivity contribution in [2.45, 2.75) is 154 Å². The molecule has 24 nitrogen and oxygen atoms in total. The number of nitrogens with one attached hydrogen (secondary N) is 3. The van der Waals surface area contributed by atoms with Crippen LogP contribution in [0.25, 0.3) is 0 Å². The van der Waals surface area contributed by atoms with Crippen LogP contribution < -0.4 is 33.2 Å². The third kappa shape index (κ3) is 18.3. The molecule has 3 aliphatic heterocycles. The molecule has 0 unspecified atom stereocenters. The molecule has 0 fully saturated rings. The maximum atomic E-state index is 14.8. The molecule has 0 aromatic rings. The Morgan fingerprint density at radius 1 is 0.554 bits per heavy atom. The molecule has 3 rings (SSSR count). The van der Waals surface area contributed by atoms with Crippen molar-refractivity contribution in [2.75, 3.05) is 53.0 Å². The van der Waals surface area contributed by atoms with Crippen molar-refractivity contribution in [3.63, 3.8) is 0 Å². The SMILES string of the molecule is C=CCOC(=O)N1CC(=O)C=C(N[C@@H](C(=O)[C@@H](N)[C@@H](C)OC(C)(C)C)C(=O)N2CC(=O)C=C(N[C@@H](C(=O)[C@@H](N)[C@@H](C)OC(C)(C)C)C(=O)N3CC(=O)C=C(N[C@H](C(=O)OC)C(=O)[C@@H](N)[C@@H](C)OC(C)(C)C)C3)C2)C1. The van der Waals surface area contributed by atoms with E-state index in [2.05, 4.69) is 22.5 Å². The number of nitrogens with zero attached hydrogens (tertiary/aromatic N) is 3. The summed E-state index contributed by atoms with van der Waals surface area (Å²) in [6, 6.07) is -9.94. The summed E-state index contributed by atoms with van der Waals surface area (Å²) in [5.74, 6) is -7.83. The van der Waals surface area contributed by atoms with E-state index in [0.717, 1.165) is 40.0 Å². The molecule has 3 heterocycles. The van der Waals surface area contributed by atoms with Gasteiger partial charge in [0.2, 0.25) is 0 Å². The standard InChI is InChI=1S/C50H77N9O15/c1-15-16-71-47(69)59-22-31(19-34(62)25-59)55-39(42(64)36(52)27(3)73-49(8,9)10)45(67)57-20-29(17-32(60)23-57)54-38(41(63)35(51)26(2)72-48(5,6)7)44(66)58-21-30(18-33(61)24-58)56-40(46(68)70-14)43(65)37(53)28(4)74-50(11,12)13/h15,17-19,26-28,35-40,54-56H,1,16,20-25,51-53H2,2-14H3/t26-,27-,28-,35+,36+,37+,38+,39+,40+/m1/s1. The summed E-state index contributed by atoms with van der Waals surface area (Å²) in [7, 11) is 1.04. The number of ether oxygens (including phenoxy) is 5. The zero-order valence-electron chi connectivity index (χ0n) is 44.9. The van der Waals surface area contributed by atoms with E-state index in [4.69, 9.17) is 40.9 Å². The summed E-state index contributed by atoms with van der Waals surface area (Å²) in [4.78, 5) is 141. The highest BCUT2D eigenvalue weighted by Crippen LogP contribution is 2.21. The van der Waals surface area contributed by atoms with Gasteiger partial charge in [-0.05, 0) is 83.1 Å². The van der Waals surface area contributed by atoms with Crippen LogP contribution in [-0.2, 0) is 66.8 Å². The van der Waals surface area contributed by atoms with Gasteiger partial charge in [0.15, 0.2) is 52.8 Å². The minimum Gasteiger partial charge on any atom is -0.467 e. The summed E-state index contributed by atoms with van der Waals surface area (Å²) < 4.78 is 27.7. The number of Topliss-reactive ketones (excluding diaryl/α,β-unsaturated/α-hetero) is 3. The Labute approximate surface area is 432 Å². The first-order valence-electron chi connectivity index (χ1n) is 24.2. The Bertz CT molecular complexity index is 2270. The van der Waals surface area contributed by atoms with Crippen molar-refractivity contribution in [1.29, 1.82) is 0 Å². The van der Waals surface area contributed by atoms with Crippen LogP contribution >= 0.6 is 0 Å². The Hall–Kier alpha value is -6.18. The number of rotatable bonds is 23. The fourth-order valence-corrected chi connectivity index (χ4v) is 8.09. The lowest BCUT2D eigenvalue weighted by atomic mass is 9.97. The summed E-state index contributed by atoms with van der Waals surface area (Å²) in [6.45, 7) is 20.7. The van der Waals surface area contributed by atoms with Gasteiger partial charge < -0.3 is 66.6 Å². The number of hydrogen-bond donors (Lipinski definition) is 6. The third-order valence-corrected chi connectivity index (χ3v) is 11.2. The van der Waals surface area contributed by atoms with E-state index in [0.29, 0.717) is 0 Å². The summed E-state index contributed by atoms with van der Waals surface area (Å²) >= 11 is 0. The second kappa shape index (κ2) is 25.9. The van der Waals surface area contributed by atoms with Crippen LogP contribution in [0.3, 0.4) is 0 Å². The zero-order chi connectivity index (χ0) is 56.4. The molecule has 0 spiro atoms. The molecule has 3 amide bonds. The summed E-state index contributed by atoms with van der Waals surface area (Å²) in [5, 5.41) is 8.23. The molecular weight excluding hydrogens is 967 g/mol. The van der Waals surface area contributed by atoms with Crippen molar-refractivity contribution in [3.8, 4) is 0 Å². The number of nitrogens with two attached hydrogens (primary N) is 3. The maximum Gasteiger partial charge on any atom is 0.410 e. The lowest BCUT2D eigenvalue weighted by Crippen LogP contribution is -2.62. The molecule has 9 N–H and O–H groups in total. The summed E-state index contributed by atoms with van der Waals surface area (Å²) in [5.41, 5.74) is 16.6. The second-order valence-electron chi connectivity index (χ2n) is 21.4. The van der Waals surface area contributed by atoms with Gasteiger partial charge in [0, 0.05) is 35.3 Å². The van der Waals surface area contributed by atoms with Crippen molar-refractivity contribution < 1.29 is 71.6 Å². The van der Waals surface area contributed by atoms with Gasteiger partial charge in [-0.3, -0.25) is 43.3 Å². The van der Waals surface area contributed by atoms with E-state index < -0.39 is 156 Å². The van der Waals surface area contributed by atoms with Gasteiger partial charge in [-0.25, -0.2) is 9.59 Å². The first-order valence-corrected chi connectivity index (χ1v) is 24.2. The Morgan fingerprint density at radius 3 is 1.16 bits per heavy atom. The average molecular weight is 1040 g/mol. The number of methoxy groups -OCH3 is 1. The smallest absolute Gasteiger partial charge is 0.410 e. The fourth-order valence-electron chi connectivity index (χ4n) is 8.09. The highest BCUT2D eigenvalue weighted by atomic mass is 16.6. The van der Waals surface area contributed by atoms with Crippen LogP contribution in [0.5, 0.6) is 0 Å². The molecule has 412 valence electrons. The molecule has 3 aliphatic rings. The molecule has 24 heteroatoms. The molecule has 0 saturated heterocycles. The molecule has 0 aromatic heterocycles. The Morgan fingerprint density at radius 2 is 0.851 bits per heavy atom. The van der Waals surface area contributed by atoms with E-state index in [1.165, 1.54) is 19.9 Å². The number of carbonyl (C=O) groups is 10. The molecule has 0 aliphatic carbocycles.